The lowest BCUT2D eigenvalue weighted by atomic mass is 10.0. The second-order valence-electron chi connectivity index (χ2n) is 16.7. The minimum atomic E-state index is -4.00. The second-order valence-corrected chi connectivity index (χ2v) is 18.9. The number of aromatic nitrogens is 3. The third-order valence-electron chi connectivity index (χ3n) is 12.2. The molecule has 4 amide bonds. The summed E-state index contributed by atoms with van der Waals surface area (Å²) in [5.41, 5.74) is 0.0405. The SMILES string of the molecule is COc1ccc2c(O[C@@H]3C[C@H]4C(=O)N[C@]5(C(=O)NS(=O)(=O)C6(C)CC6)C[C@H]5C=CCCCCC[C@H](NC(=O)c5ccn(C)n5)C(=O)N4C3)cc(OC3CC3)nc2c1C. The van der Waals surface area contributed by atoms with Crippen molar-refractivity contribution in [3.63, 3.8) is 0 Å². The van der Waals surface area contributed by atoms with Crippen LogP contribution in [0.25, 0.3) is 10.9 Å². The maximum absolute atomic E-state index is 14.7. The molecule has 0 bridgehead atoms. The maximum Gasteiger partial charge on any atom is 0.272 e. The van der Waals surface area contributed by atoms with E-state index in [1.165, 1.54) is 9.58 Å². The van der Waals surface area contributed by atoms with Crippen LogP contribution in [-0.2, 0) is 31.5 Å². The molecule has 0 spiro atoms. The lowest BCUT2D eigenvalue weighted by Crippen LogP contribution is -2.58. The molecule has 1 saturated heterocycles. The number of aryl methyl sites for hydroxylation is 2. The highest BCUT2D eigenvalue weighted by Gasteiger charge is 2.63. The van der Waals surface area contributed by atoms with Crippen molar-refractivity contribution in [3.8, 4) is 17.4 Å². The molecule has 0 radical (unpaired) electrons. The van der Waals surface area contributed by atoms with E-state index in [-0.39, 0.29) is 31.2 Å². The highest BCUT2D eigenvalue weighted by atomic mass is 32.2. The molecule has 5 atom stereocenters. The largest absolute Gasteiger partial charge is 0.496 e. The lowest BCUT2D eigenvalue weighted by molar-refractivity contribution is -0.141. The Labute approximate surface area is 337 Å². The smallest absolute Gasteiger partial charge is 0.272 e. The van der Waals surface area contributed by atoms with E-state index in [1.807, 2.05) is 31.2 Å². The van der Waals surface area contributed by atoms with Gasteiger partial charge in [-0.25, -0.2) is 13.4 Å². The number of amides is 4. The van der Waals surface area contributed by atoms with Crippen molar-refractivity contribution in [1.82, 2.24) is 35.0 Å². The van der Waals surface area contributed by atoms with Gasteiger partial charge >= 0.3 is 0 Å². The summed E-state index contributed by atoms with van der Waals surface area (Å²) in [6.45, 7) is 3.48. The number of carbonyl (C=O) groups is 4. The van der Waals surface area contributed by atoms with E-state index in [2.05, 4.69) is 20.5 Å². The van der Waals surface area contributed by atoms with Crippen molar-refractivity contribution in [2.75, 3.05) is 13.7 Å². The van der Waals surface area contributed by atoms with Gasteiger partial charge in [-0.15, -0.1) is 0 Å². The molecule has 5 aliphatic rings. The van der Waals surface area contributed by atoms with E-state index in [0.717, 1.165) is 31.2 Å². The van der Waals surface area contributed by atoms with Gasteiger partial charge in [0, 0.05) is 42.6 Å². The first kappa shape index (κ1) is 39.6. The molecule has 3 saturated carbocycles. The Morgan fingerprint density at radius 2 is 1.81 bits per heavy atom. The van der Waals surface area contributed by atoms with Gasteiger partial charge in [0.05, 0.1) is 23.9 Å². The zero-order chi connectivity index (χ0) is 41.0. The fraction of sp³-hybridized carbons (Fsp3) is 0.561. The second kappa shape index (κ2) is 15.2. The van der Waals surface area contributed by atoms with Crippen molar-refractivity contribution in [2.45, 2.75) is 119 Å². The number of allylic oxidation sites excluding steroid dienone is 1. The van der Waals surface area contributed by atoms with E-state index >= 15 is 0 Å². The predicted molar refractivity (Wildman–Crippen MR) is 212 cm³/mol. The number of hydrogen-bond donors (Lipinski definition) is 3. The Hall–Kier alpha value is -5.19. The molecule has 2 aliphatic heterocycles. The van der Waals surface area contributed by atoms with Crippen LogP contribution in [0.3, 0.4) is 0 Å². The van der Waals surface area contributed by atoms with Crippen molar-refractivity contribution >= 4 is 44.6 Å². The Morgan fingerprint density at radius 3 is 2.52 bits per heavy atom. The molecule has 3 N–H and O–H groups in total. The Morgan fingerprint density at radius 1 is 1.02 bits per heavy atom. The van der Waals surface area contributed by atoms with Crippen LogP contribution in [-0.4, -0.2) is 99.9 Å². The molecular formula is C41H51N7O9S. The van der Waals surface area contributed by atoms with Gasteiger partial charge in [0.2, 0.25) is 27.7 Å². The zero-order valence-electron chi connectivity index (χ0n) is 33.3. The van der Waals surface area contributed by atoms with Crippen molar-refractivity contribution in [1.29, 1.82) is 0 Å². The first-order valence-electron chi connectivity index (χ1n) is 20.2. The number of hydrogen-bond acceptors (Lipinski definition) is 11. The van der Waals surface area contributed by atoms with E-state index in [9.17, 15) is 27.6 Å². The molecule has 17 heteroatoms. The Kier molecular flexibility index (Phi) is 10.4. The normalized spacial score (nSPS) is 27.0. The molecule has 310 valence electrons. The standard InChI is InChI=1S/C41H51N7O9S/c1-24-32(55-4)15-14-28-33(21-34(43-35(24)28)57-26-12-13-26)56-27-20-31-37(50)44-41(39(52)46-58(53,54)40(2)17-18-40)22-25(41)10-8-6-5-7-9-11-30(38(51)48(31)23-27)42-36(49)29-16-19-47(3)45-29/h8,10,14-16,19,21,25-27,30-31H,5-7,9,11-13,17-18,20,22-23H2,1-4H3,(H,42,49)(H,44,50)(H,46,52)/t25-,27-,30+,31+,41-/m1/s1. The summed E-state index contributed by atoms with van der Waals surface area (Å²) in [6.07, 6.45) is 11.0. The number of pyridine rings is 1. The molecule has 3 aromatic rings. The Bertz CT molecular complexity index is 2280. The van der Waals surface area contributed by atoms with Crippen LogP contribution in [0.15, 0.2) is 42.6 Å². The number of nitrogens with one attached hydrogen (secondary N) is 3. The molecule has 4 heterocycles. The average molecular weight is 818 g/mol. The van der Waals surface area contributed by atoms with Gasteiger partial charge in [-0.2, -0.15) is 5.10 Å². The number of carbonyl (C=O) groups excluding carboxylic acids is 4. The topological polar surface area (TPSA) is 200 Å². The summed E-state index contributed by atoms with van der Waals surface area (Å²) in [5.74, 6) is -1.38. The summed E-state index contributed by atoms with van der Waals surface area (Å²) in [4.78, 5) is 62.9. The third kappa shape index (κ3) is 7.84. The lowest BCUT2D eigenvalue weighted by Gasteiger charge is -2.30. The van der Waals surface area contributed by atoms with Gasteiger partial charge in [0.15, 0.2) is 0 Å². The summed E-state index contributed by atoms with van der Waals surface area (Å²) in [5, 5.41) is 10.7. The fourth-order valence-corrected chi connectivity index (χ4v) is 9.30. The molecule has 8 rings (SSSR count). The first-order chi connectivity index (χ1) is 27.7. The van der Waals surface area contributed by atoms with Gasteiger partial charge in [0.1, 0.15) is 47.0 Å². The average Bonchev–Trinajstić information content (AvgIpc) is 4.15. The van der Waals surface area contributed by atoms with Crippen LogP contribution in [0, 0.1) is 12.8 Å². The molecule has 16 nitrogen and oxygen atoms in total. The number of fused-ring (bicyclic) bond motifs is 3. The van der Waals surface area contributed by atoms with Crippen LogP contribution in [0.5, 0.6) is 17.4 Å². The minimum absolute atomic E-state index is 0.0140. The number of methoxy groups -OCH3 is 1. The molecule has 0 unspecified atom stereocenters. The minimum Gasteiger partial charge on any atom is -0.496 e. The molecular weight excluding hydrogens is 767 g/mol. The maximum atomic E-state index is 14.7. The summed E-state index contributed by atoms with van der Waals surface area (Å²) in [7, 11) is -0.723. The van der Waals surface area contributed by atoms with Crippen molar-refractivity contribution in [3.05, 3.63) is 53.9 Å². The highest BCUT2D eigenvalue weighted by Crippen LogP contribution is 2.48. The molecule has 1 aromatic carbocycles. The first-order valence-corrected chi connectivity index (χ1v) is 21.7. The van der Waals surface area contributed by atoms with Crippen LogP contribution in [0.4, 0.5) is 0 Å². The van der Waals surface area contributed by atoms with Gasteiger partial charge < -0.3 is 29.7 Å². The fourth-order valence-electron chi connectivity index (χ4n) is 7.99. The number of nitrogens with zero attached hydrogens (tertiary/aromatic N) is 4. The quantitative estimate of drug-likeness (QED) is 0.254. The van der Waals surface area contributed by atoms with Crippen LogP contribution < -0.4 is 29.6 Å². The van der Waals surface area contributed by atoms with E-state index < -0.39 is 68.0 Å². The molecule has 3 aliphatic carbocycles. The van der Waals surface area contributed by atoms with Gasteiger partial charge in [-0.05, 0) is 83.4 Å². The summed E-state index contributed by atoms with van der Waals surface area (Å²) < 4.78 is 47.6. The predicted octanol–water partition coefficient (Wildman–Crippen LogP) is 3.37. The van der Waals surface area contributed by atoms with E-state index in [0.29, 0.717) is 60.4 Å². The number of ether oxygens (including phenoxy) is 3. The van der Waals surface area contributed by atoms with Crippen molar-refractivity contribution in [2.24, 2.45) is 13.0 Å². The van der Waals surface area contributed by atoms with Crippen LogP contribution in [0.1, 0.15) is 93.6 Å². The molecule has 4 fully saturated rings. The van der Waals surface area contributed by atoms with Gasteiger partial charge in [0.25, 0.3) is 11.8 Å². The third-order valence-corrected chi connectivity index (χ3v) is 14.3. The van der Waals surface area contributed by atoms with E-state index in [1.54, 1.807) is 39.4 Å². The number of sulfonamides is 1. The number of rotatable bonds is 10. The number of benzene rings is 1. The molecule has 58 heavy (non-hydrogen) atoms. The summed E-state index contributed by atoms with van der Waals surface area (Å²) >= 11 is 0. The highest BCUT2D eigenvalue weighted by molar-refractivity contribution is 7.91. The van der Waals surface area contributed by atoms with Gasteiger partial charge in [-0.3, -0.25) is 28.6 Å². The van der Waals surface area contributed by atoms with Crippen molar-refractivity contribution < 1.29 is 41.8 Å². The zero-order valence-corrected chi connectivity index (χ0v) is 34.1. The van der Waals surface area contributed by atoms with Gasteiger partial charge in [-0.1, -0.05) is 25.0 Å². The van der Waals surface area contributed by atoms with Crippen LogP contribution in [0.2, 0.25) is 0 Å². The molecule has 2 aromatic heterocycles. The Balaban J connectivity index is 1.13. The van der Waals surface area contributed by atoms with Crippen LogP contribution >= 0.6 is 0 Å². The van der Waals surface area contributed by atoms with E-state index in [4.69, 9.17) is 19.2 Å². The monoisotopic (exact) mass is 817 g/mol. The summed E-state index contributed by atoms with van der Waals surface area (Å²) in [6, 6.07) is 4.84.